The fourth-order valence-corrected chi connectivity index (χ4v) is 2.39. The summed E-state index contributed by atoms with van der Waals surface area (Å²) in [6, 6.07) is 11.5. The fraction of sp³-hybridized carbons (Fsp3) is 0.176. The van der Waals surface area contributed by atoms with E-state index >= 15 is 0 Å². The first-order valence-electron chi connectivity index (χ1n) is 7.03. The predicted molar refractivity (Wildman–Crippen MR) is 88.9 cm³/mol. The molecule has 6 heteroatoms. The number of fused-ring (bicyclic) bond motifs is 1. The number of methoxy groups -OCH3 is 3. The van der Waals surface area contributed by atoms with Crippen molar-refractivity contribution in [2.24, 2.45) is 0 Å². The molecule has 0 spiro atoms. The van der Waals surface area contributed by atoms with Gasteiger partial charge in [-0.1, -0.05) is 12.1 Å². The molecule has 0 saturated carbocycles. The number of nitrogens with zero attached hydrogens (tertiary/aromatic N) is 2. The van der Waals surface area contributed by atoms with Crippen molar-refractivity contribution >= 4 is 22.4 Å². The Morgan fingerprint density at radius 3 is 2.22 bits per heavy atom. The van der Waals surface area contributed by atoms with Gasteiger partial charge in [0.25, 0.3) is 0 Å². The van der Waals surface area contributed by atoms with Crippen LogP contribution in [0.1, 0.15) is 0 Å². The van der Waals surface area contributed by atoms with Crippen LogP contribution in [-0.4, -0.2) is 31.3 Å². The standard InChI is InChI=1S/C17H17N3O3/c1-21-14-8-11(9-15(22-2)16(14)23-3)20-17-12-6-4-5-7-13(12)18-10-19-17/h4-10H,1-3H3,(H,18,19,20). The van der Waals surface area contributed by atoms with E-state index in [0.29, 0.717) is 23.1 Å². The van der Waals surface area contributed by atoms with Gasteiger partial charge in [-0.15, -0.1) is 0 Å². The van der Waals surface area contributed by atoms with Crippen molar-refractivity contribution in [3.05, 3.63) is 42.7 Å². The smallest absolute Gasteiger partial charge is 0.203 e. The molecule has 0 amide bonds. The summed E-state index contributed by atoms with van der Waals surface area (Å²) in [6.45, 7) is 0. The number of benzene rings is 2. The molecule has 1 aromatic heterocycles. The van der Waals surface area contributed by atoms with Crippen molar-refractivity contribution in [1.29, 1.82) is 0 Å². The Labute approximate surface area is 134 Å². The minimum atomic E-state index is 0.549. The lowest BCUT2D eigenvalue weighted by Gasteiger charge is -2.15. The molecule has 0 saturated heterocycles. The molecule has 1 heterocycles. The van der Waals surface area contributed by atoms with E-state index in [1.54, 1.807) is 21.3 Å². The Balaban J connectivity index is 2.05. The molecule has 6 nitrogen and oxygen atoms in total. The summed E-state index contributed by atoms with van der Waals surface area (Å²) in [5, 5.41) is 4.22. The molecule has 0 fully saturated rings. The predicted octanol–water partition coefficient (Wildman–Crippen LogP) is 3.40. The Morgan fingerprint density at radius 2 is 1.57 bits per heavy atom. The van der Waals surface area contributed by atoms with Crippen molar-refractivity contribution in [2.45, 2.75) is 0 Å². The Hall–Kier alpha value is -3.02. The van der Waals surface area contributed by atoms with Gasteiger partial charge in [0.05, 0.1) is 26.8 Å². The zero-order valence-corrected chi connectivity index (χ0v) is 13.2. The van der Waals surface area contributed by atoms with Crippen molar-refractivity contribution < 1.29 is 14.2 Å². The second kappa shape index (κ2) is 6.39. The number of ether oxygens (including phenoxy) is 3. The quantitative estimate of drug-likeness (QED) is 0.779. The zero-order valence-electron chi connectivity index (χ0n) is 13.2. The summed E-state index contributed by atoms with van der Waals surface area (Å²) >= 11 is 0. The average molecular weight is 311 g/mol. The molecule has 23 heavy (non-hydrogen) atoms. The zero-order chi connectivity index (χ0) is 16.2. The summed E-state index contributed by atoms with van der Waals surface area (Å²) in [5.74, 6) is 2.42. The molecular formula is C17H17N3O3. The Morgan fingerprint density at radius 1 is 0.870 bits per heavy atom. The number of hydrogen-bond donors (Lipinski definition) is 1. The third-order valence-electron chi connectivity index (χ3n) is 3.47. The molecule has 0 unspecified atom stereocenters. The van der Waals surface area contributed by atoms with Crippen LogP contribution < -0.4 is 19.5 Å². The summed E-state index contributed by atoms with van der Waals surface area (Å²) < 4.78 is 16.1. The van der Waals surface area contributed by atoms with Gasteiger partial charge in [0.15, 0.2) is 11.5 Å². The molecule has 0 radical (unpaired) electrons. The maximum absolute atomic E-state index is 5.37. The van der Waals surface area contributed by atoms with Gasteiger partial charge < -0.3 is 19.5 Å². The molecule has 3 aromatic rings. The second-order valence-electron chi connectivity index (χ2n) is 4.78. The van der Waals surface area contributed by atoms with Crippen LogP contribution >= 0.6 is 0 Å². The molecule has 0 atom stereocenters. The van der Waals surface area contributed by atoms with Gasteiger partial charge in [-0.3, -0.25) is 0 Å². The third kappa shape index (κ3) is 2.83. The molecule has 3 rings (SSSR count). The van der Waals surface area contributed by atoms with Gasteiger partial charge in [0, 0.05) is 23.2 Å². The van der Waals surface area contributed by atoms with E-state index in [1.807, 2.05) is 36.4 Å². The molecule has 0 bridgehead atoms. The lowest BCUT2D eigenvalue weighted by molar-refractivity contribution is 0.324. The van der Waals surface area contributed by atoms with Crippen LogP contribution in [0.5, 0.6) is 17.2 Å². The third-order valence-corrected chi connectivity index (χ3v) is 3.47. The van der Waals surface area contributed by atoms with Gasteiger partial charge in [-0.05, 0) is 12.1 Å². The van der Waals surface area contributed by atoms with Crippen LogP contribution in [0.25, 0.3) is 10.9 Å². The number of rotatable bonds is 5. The van der Waals surface area contributed by atoms with Crippen LogP contribution in [-0.2, 0) is 0 Å². The van der Waals surface area contributed by atoms with Crippen LogP contribution in [0.15, 0.2) is 42.7 Å². The van der Waals surface area contributed by atoms with E-state index in [1.165, 1.54) is 6.33 Å². The largest absolute Gasteiger partial charge is 0.493 e. The SMILES string of the molecule is COc1cc(Nc2ncnc3ccccc23)cc(OC)c1OC. The van der Waals surface area contributed by atoms with Crippen molar-refractivity contribution in [1.82, 2.24) is 9.97 Å². The summed E-state index contributed by atoms with van der Waals surface area (Å²) in [6.07, 6.45) is 1.53. The van der Waals surface area contributed by atoms with E-state index in [9.17, 15) is 0 Å². The monoisotopic (exact) mass is 311 g/mol. The molecular weight excluding hydrogens is 294 g/mol. The Kier molecular flexibility index (Phi) is 4.14. The van der Waals surface area contributed by atoms with Crippen LogP contribution in [0.2, 0.25) is 0 Å². The summed E-state index contributed by atoms with van der Waals surface area (Å²) in [7, 11) is 4.74. The molecule has 0 aliphatic heterocycles. The molecule has 0 aliphatic rings. The molecule has 118 valence electrons. The molecule has 0 aliphatic carbocycles. The topological polar surface area (TPSA) is 65.5 Å². The highest BCUT2D eigenvalue weighted by Gasteiger charge is 2.14. The van der Waals surface area contributed by atoms with Gasteiger partial charge >= 0.3 is 0 Å². The average Bonchev–Trinajstić information content (AvgIpc) is 2.61. The Bertz CT molecular complexity index is 806. The second-order valence-corrected chi connectivity index (χ2v) is 4.78. The van der Waals surface area contributed by atoms with E-state index in [0.717, 1.165) is 16.6 Å². The molecule has 2 aromatic carbocycles. The van der Waals surface area contributed by atoms with Gasteiger partial charge in [-0.25, -0.2) is 9.97 Å². The van der Waals surface area contributed by atoms with Crippen LogP contribution in [0.4, 0.5) is 11.5 Å². The first-order chi connectivity index (χ1) is 11.3. The minimum Gasteiger partial charge on any atom is -0.493 e. The number of para-hydroxylation sites is 1. The lowest BCUT2D eigenvalue weighted by Crippen LogP contribution is -1.99. The van der Waals surface area contributed by atoms with E-state index in [2.05, 4.69) is 15.3 Å². The highest BCUT2D eigenvalue weighted by atomic mass is 16.5. The first kappa shape index (κ1) is 14.9. The maximum Gasteiger partial charge on any atom is 0.203 e. The maximum atomic E-state index is 5.37. The first-order valence-corrected chi connectivity index (χ1v) is 7.03. The van der Waals surface area contributed by atoms with E-state index in [-0.39, 0.29) is 0 Å². The molecule has 1 N–H and O–H groups in total. The van der Waals surface area contributed by atoms with Crippen molar-refractivity contribution in [3.63, 3.8) is 0 Å². The van der Waals surface area contributed by atoms with Crippen LogP contribution in [0, 0.1) is 0 Å². The number of anilines is 2. The normalized spacial score (nSPS) is 10.4. The minimum absolute atomic E-state index is 0.549. The van der Waals surface area contributed by atoms with E-state index in [4.69, 9.17) is 14.2 Å². The highest BCUT2D eigenvalue weighted by Crippen LogP contribution is 2.40. The van der Waals surface area contributed by atoms with E-state index < -0.39 is 0 Å². The van der Waals surface area contributed by atoms with Gasteiger partial charge in [0.2, 0.25) is 5.75 Å². The van der Waals surface area contributed by atoms with Crippen LogP contribution in [0.3, 0.4) is 0 Å². The van der Waals surface area contributed by atoms with Gasteiger partial charge in [0.1, 0.15) is 12.1 Å². The number of hydrogen-bond acceptors (Lipinski definition) is 6. The lowest BCUT2D eigenvalue weighted by atomic mass is 10.2. The van der Waals surface area contributed by atoms with Crippen molar-refractivity contribution in [3.8, 4) is 17.2 Å². The number of nitrogens with one attached hydrogen (secondary N) is 1. The van der Waals surface area contributed by atoms with Gasteiger partial charge in [-0.2, -0.15) is 0 Å². The number of aromatic nitrogens is 2. The fourth-order valence-electron chi connectivity index (χ4n) is 2.39. The van der Waals surface area contributed by atoms with Crippen molar-refractivity contribution in [2.75, 3.05) is 26.6 Å². The summed E-state index contributed by atoms with van der Waals surface area (Å²) in [4.78, 5) is 8.58. The highest BCUT2D eigenvalue weighted by molar-refractivity contribution is 5.90. The summed E-state index contributed by atoms with van der Waals surface area (Å²) in [5.41, 5.74) is 1.65.